The van der Waals surface area contributed by atoms with Crippen LogP contribution in [0.2, 0.25) is 0 Å². The lowest BCUT2D eigenvalue weighted by Gasteiger charge is -2.36. The molecule has 1 aliphatic rings. The SMILES string of the molecule is CNC(=O)c1cccc(C2CNCCN2Cc2cccnc2)c1. The zero-order valence-electron chi connectivity index (χ0n) is 13.3. The van der Waals surface area contributed by atoms with Gasteiger partial charge >= 0.3 is 0 Å². The van der Waals surface area contributed by atoms with Crippen LogP contribution in [0.1, 0.15) is 27.5 Å². The number of rotatable bonds is 4. The lowest BCUT2D eigenvalue weighted by molar-refractivity contribution is 0.0962. The van der Waals surface area contributed by atoms with E-state index >= 15 is 0 Å². The molecule has 5 heteroatoms. The van der Waals surface area contributed by atoms with Crippen LogP contribution < -0.4 is 10.6 Å². The topological polar surface area (TPSA) is 57.3 Å². The van der Waals surface area contributed by atoms with Crippen LogP contribution in [0, 0.1) is 0 Å². The molecule has 2 N–H and O–H groups in total. The number of carbonyl (C=O) groups excluding carboxylic acids is 1. The molecule has 1 fully saturated rings. The number of amides is 1. The van der Waals surface area contributed by atoms with Crippen LogP contribution in [-0.2, 0) is 6.54 Å². The summed E-state index contributed by atoms with van der Waals surface area (Å²) in [6.45, 7) is 3.71. The smallest absolute Gasteiger partial charge is 0.251 e. The summed E-state index contributed by atoms with van der Waals surface area (Å²) in [5.41, 5.74) is 3.08. The van der Waals surface area contributed by atoms with Gasteiger partial charge in [-0.25, -0.2) is 0 Å². The predicted octanol–water partition coefficient (Wildman–Crippen LogP) is 1.59. The normalized spacial score (nSPS) is 18.6. The quantitative estimate of drug-likeness (QED) is 0.900. The van der Waals surface area contributed by atoms with Crippen molar-refractivity contribution in [2.24, 2.45) is 0 Å². The van der Waals surface area contributed by atoms with Crippen molar-refractivity contribution in [2.45, 2.75) is 12.6 Å². The molecule has 1 atom stereocenters. The molecule has 5 nitrogen and oxygen atoms in total. The van der Waals surface area contributed by atoms with Crippen LogP contribution in [-0.4, -0.2) is 42.5 Å². The van der Waals surface area contributed by atoms with Gasteiger partial charge in [0.25, 0.3) is 5.91 Å². The maximum absolute atomic E-state index is 11.9. The predicted molar refractivity (Wildman–Crippen MR) is 90.1 cm³/mol. The van der Waals surface area contributed by atoms with E-state index in [0.29, 0.717) is 5.56 Å². The standard InChI is InChI=1S/C18H22N4O/c1-19-18(23)16-6-2-5-15(10-16)17-12-21-8-9-22(17)13-14-4-3-7-20-11-14/h2-7,10-11,17,21H,8-9,12-13H2,1H3,(H,19,23). The second-order valence-corrected chi connectivity index (χ2v) is 5.76. The Balaban J connectivity index is 1.82. The molecule has 2 aromatic rings. The highest BCUT2D eigenvalue weighted by molar-refractivity contribution is 5.94. The highest BCUT2D eigenvalue weighted by Crippen LogP contribution is 2.24. The van der Waals surface area contributed by atoms with Gasteiger partial charge in [-0.1, -0.05) is 18.2 Å². The van der Waals surface area contributed by atoms with Crippen molar-refractivity contribution in [1.82, 2.24) is 20.5 Å². The third kappa shape index (κ3) is 3.75. The summed E-state index contributed by atoms with van der Waals surface area (Å²) in [5, 5.41) is 6.14. The van der Waals surface area contributed by atoms with Gasteiger partial charge in [0.1, 0.15) is 0 Å². The highest BCUT2D eigenvalue weighted by atomic mass is 16.1. The van der Waals surface area contributed by atoms with Crippen molar-refractivity contribution in [3.63, 3.8) is 0 Å². The fourth-order valence-corrected chi connectivity index (χ4v) is 3.02. The average molecular weight is 310 g/mol. The summed E-state index contributed by atoms with van der Waals surface area (Å²) in [4.78, 5) is 18.5. The number of piperazine rings is 1. The molecule has 0 bridgehead atoms. The molecule has 0 radical (unpaired) electrons. The molecule has 1 aromatic heterocycles. The lowest BCUT2D eigenvalue weighted by atomic mass is 10.00. The van der Waals surface area contributed by atoms with Crippen molar-refractivity contribution < 1.29 is 4.79 Å². The first-order valence-electron chi connectivity index (χ1n) is 7.93. The summed E-state index contributed by atoms with van der Waals surface area (Å²) in [6, 6.07) is 12.2. The number of nitrogens with one attached hydrogen (secondary N) is 2. The van der Waals surface area contributed by atoms with Gasteiger partial charge < -0.3 is 10.6 Å². The molecule has 1 saturated heterocycles. The minimum Gasteiger partial charge on any atom is -0.355 e. The molecular weight excluding hydrogens is 288 g/mol. The summed E-state index contributed by atoms with van der Waals surface area (Å²) in [6.07, 6.45) is 3.71. The van der Waals surface area contributed by atoms with Gasteiger partial charge in [0.05, 0.1) is 0 Å². The molecule has 120 valence electrons. The molecule has 1 unspecified atom stereocenters. The summed E-state index contributed by atoms with van der Waals surface area (Å²) >= 11 is 0. The van der Waals surface area contributed by atoms with Crippen molar-refractivity contribution in [3.8, 4) is 0 Å². The first kappa shape index (κ1) is 15.6. The molecule has 3 rings (SSSR count). The maximum atomic E-state index is 11.9. The molecule has 0 saturated carbocycles. The van der Waals surface area contributed by atoms with Gasteiger partial charge in [-0.2, -0.15) is 0 Å². The minimum atomic E-state index is -0.0468. The molecule has 0 spiro atoms. The molecular formula is C18H22N4O. The van der Waals surface area contributed by atoms with Gasteiger partial charge in [-0.15, -0.1) is 0 Å². The number of hydrogen-bond acceptors (Lipinski definition) is 4. The number of benzene rings is 1. The van der Waals surface area contributed by atoms with Crippen molar-refractivity contribution in [3.05, 3.63) is 65.5 Å². The average Bonchev–Trinajstić information content (AvgIpc) is 2.62. The van der Waals surface area contributed by atoms with E-state index in [9.17, 15) is 4.79 Å². The largest absolute Gasteiger partial charge is 0.355 e. The number of nitrogens with zero attached hydrogens (tertiary/aromatic N) is 2. The zero-order valence-corrected chi connectivity index (χ0v) is 13.3. The second-order valence-electron chi connectivity index (χ2n) is 5.76. The van der Waals surface area contributed by atoms with Crippen LogP contribution in [0.4, 0.5) is 0 Å². The van der Waals surface area contributed by atoms with Gasteiger partial charge in [-0.05, 0) is 29.3 Å². The highest BCUT2D eigenvalue weighted by Gasteiger charge is 2.24. The third-order valence-electron chi connectivity index (χ3n) is 4.22. The van der Waals surface area contributed by atoms with E-state index < -0.39 is 0 Å². The first-order chi connectivity index (χ1) is 11.3. The Morgan fingerprint density at radius 1 is 1.39 bits per heavy atom. The molecule has 1 amide bonds. The zero-order chi connectivity index (χ0) is 16.1. The van der Waals surface area contributed by atoms with Crippen LogP contribution in [0.25, 0.3) is 0 Å². The van der Waals surface area contributed by atoms with Crippen LogP contribution in [0.15, 0.2) is 48.8 Å². The van der Waals surface area contributed by atoms with Crippen LogP contribution in [0.5, 0.6) is 0 Å². The Morgan fingerprint density at radius 2 is 2.30 bits per heavy atom. The number of carbonyl (C=O) groups is 1. The molecule has 1 aromatic carbocycles. The minimum absolute atomic E-state index is 0.0468. The summed E-state index contributed by atoms with van der Waals surface area (Å²) in [5.74, 6) is -0.0468. The van der Waals surface area contributed by atoms with E-state index in [2.05, 4.69) is 32.7 Å². The van der Waals surface area contributed by atoms with E-state index in [-0.39, 0.29) is 11.9 Å². The van der Waals surface area contributed by atoms with E-state index in [4.69, 9.17) is 0 Å². The summed E-state index contributed by atoms with van der Waals surface area (Å²) < 4.78 is 0. The molecule has 0 aliphatic carbocycles. The van der Waals surface area contributed by atoms with Crippen molar-refractivity contribution in [1.29, 1.82) is 0 Å². The van der Waals surface area contributed by atoms with Gasteiger partial charge in [0, 0.05) is 57.2 Å². The Labute approximate surface area is 136 Å². The van der Waals surface area contributed by atoms with Crippen molar-refractivity contribution >= 4 is 5.91 Å². The Kier molecular flexibility index (Phi) is 5.00. The van der Waals surface area contributed by atoms with Gasteiger partial charge in [0.15, 0.2) is 0 Å². The van der Waals surface area contributed by atoms with E-state index in [1.54, 1.807) is 13.2 Å². The van der Waals surface area contributed by atoms with E-state index in [0.717, 1.165) is 26.2 Å². The van der Waals surface area contributed by atoms with E-state index in [1.807, 2.05) is 30.5 Å². The molecule has 23 heavy (non-hydrogen) atoms. The molecule has 2 heterocycles. The lowest BCUT2D eigenvalue weighted by Crippen LogP contribution is -2.45. The van der Waals surface area contributed by atoms with Crippen molar-refractivity contribution in [2.75, 3.05) is 26.7 Å². The fourth-order valence-electron chi connectivity index (χ4n) is 3.02. The van der Waals surface area contributed by atoms with Crippen LogP contribution in [0.3, 0.4) is 0 Å². The second kappa shape index (κ2) is 7.35. The number of hydrogen-bond donors (Lipinski definition) is 2. The van der Waals surface area contributed by atoms with E-state index in [1.165, 1.54) is 11.1 Å². The number of aromatic nitrogens is 1. The fraction of sp³-hybridized carbons (Fsp3) is 0.333. The van der Waals surface area contributed by atoms with Gasteiger partial charge in [0.2, 0.25) is 0 Å². The van der Waals surface area contributed by atoms with Gasteiger partial charge in [-0.3, -0.25) is 14.7 Å². The Morgan fingerprint density at radius 3 is 3.09 bits per heavy atom. The first-order valence-corrected chi connectivity index (χ1v) is 7.93. The maximum Gasteiger partial charge on any atom is 0.251 e. The summed E-state index contributed by atoms with van der Waals surface area (Å²) in [7, 11) is 1.66. The Hall–Kier alpha value is -2.24. The molecule has 1 aliphatic heterocycles. The monoisotopic (exact) mass is 310 g/mol. The van der Waals surface area contributed by atoms with Crippen LogP contribution >= 0.6 is 0 Å². The Bertz CT molecular complexity index is 659. The third-order valence-corrected chi connectivity index (χ3v) is 4.22. The number of pyridine rings is 1.